The second kappa shape index (κ2) is 9.15. The van der Waals surface area contributed by atoms with Crippen molar-refractivity contribution in [3.63, 3.8) is 0 Å². The zero-order valence-corrected chi connectivity index (χ0v) is 18.7. The Hall–Kier alpha value is -3.10. The third-order valence-corrected chi connectivity index (χ3v) is 5.38. The van der Waals surface area contributed by atoms with Crippen molar-refractivity contribution in [1.82, 2.24) is 0 Å². The standard InChI is InChI=1S/C27H27N2.ClH/c1-28(2)23-14-9-20(10-15-23)19-22-13-18-26(27-8-6-5-7-25(22)27)21-11-16-24(17-12-21)29(3)4;/h5-19H,1-4H3;1H/q+1;/p-1. The number of rotatable bonds is 3. The van der Waals surface area contributed by atoms with Gasteiger partial charge in [0.05, 0.1) is 0 Å². The van der Waals surface area contributed by atoms with Crippen LogP contribution in [-0.2, 0) is 0 Å². The van der Waals surface area contributed by atoms with Gasteiger partial charge in [0.15, 0.2) is 5.71 Å². The summed E-state index contributed by atoms with van der Waals surface area (Å²) in [6.07, 6.45) is 10.9. The van der Waals surface area contributed by atoms with E-state index < -0.39 is 0 Å². The van der Waals surface area contributed by atoms with Gasteiger partial charge in [0.25, 0.3) is 0 Å². The maximum atomic E-state index is 2.26. The minimum Gasteiger partial charge on any atom is -1.00 e. The van der Waals surface area contributed by atoms with Gasteiger partial charge in [-0.25, -0.2) is 4.58 Å². The molecule has 152 valence electrons. The molecule has 1 aliphatic carbocycles. The lowest BCUT2D eigenvalue weighted by Crippen LogP contribution is -3.00. The molecule has 2 nitrogen and oxygen atoms in total. The molecule has 3 heteroatoms. The van der Waals surface area contributed by atoms with Gasteiger partial charge in [-0.3, -0.25) is 0 Å². The Morgan fingerprint density at radius 1 is 0.733 bits per heavy atom. The number of anilines is 1. The van der Waals surface area contributed by atoms with Crippen LogP contribution in [0.5, 0.6) is 0 Å². The molecule has 0 bridgehead atoms. The third kappa shape index (κ3) is 4.39. The van der Waals surface area contributed by atoms with E-state index in [2.05, 4.69) is 129 Å². The summed E-state index contributed by atoms with van der Waals surface area (Å²) in [6, 6.07) is 21.9. The molecule has 0 saturated heterocycles. The van der Waals surface area contributed by atoms with Crippen molar-refractivity contribution in [2.75, 3.05) is 33.1 Å². The van der Waals surface area contributed by atoms with Crippen molar-refractivity contribution >= 4 is 28.2 Å². The van der Waals surface area contributed by atoms with E-state index in [0.717, 1.165) is 0 Å². The molecule has 1 aliphatic rings. The summed E-state index contributed by atoms with van der Waals surface area (Å²) in [7, 11) is 8.27. The summed E-state index contributed by atoms with van der Waals surface area (Å²) in [4.78, 5) is 2.13. The summed E-state index contributed by atoms with van der Waals surface area (Å²) < 4.78 is 2.12. The van der Waals surface area contributed by atoms with Gasteiger partial charge in [-0.2, -0.15) is 0 Å². The zero-order valence-electron chi connectivity index (χ0n) is 17.9. The summed E-state index contributed by atoms with van der Waals surface area (Å²) in [6.45, 7) is 0. The van der Waals surface area contributed by atoms with Gasteiger partial charge in [-0.05, 0) is 63.4 Å². The first kappa shape index (κ1) is 21.6. The number of halogens is 1. The number of benzene rings is 3. The Morgan fingerprint density at radius 3 is 1.97 bits per heavy atom. The minimum absolute atomic E-state index is 0. The Labute approximate surface area is 185 Å². The summed E-state index contributed by atoms with van der Waals surface area (Å²) in [5.41, 5.74) is 7.39. The van der Waals surface area contributed by atoms with Crippen molar-refractivity contribution < 1.29 is 17.0 Å². The number of nitrogens with zero attached hydrogens (tertiary/aromatic N) is 2. The van der Waals surface area contributed by atoms with E-state index in [9.17, 15) is 0 Å². The number of allylic oxidation sites excluding steroid dienone is 5. The monoisotopic (exact) mass is 414 g/mol. The molecule has 3 aromatic carbocycles. The second-order valence-electron chi connectivity index (χ2n) is 7.82. The van der Waals surface area contributed by atoms with Gasteiger partial charge in [-0.1, -0.05) is 48.5 Å². The first-order chi connectivity index (χ1) is 14.0. The molecule has 3 aromatic rings. The molecule has 0 amide bonds. The predicted molar refractivity (Wildman–Crippen MR) is 127 cm³/mol. The van der Waals surface area contributed by atoms with E-state index in [1.54, 1.807) is 0 Å². The fraction of sp³-hybridized carbons (Fsp3) is 0.148. The van der Waals surface area contributed by atoms with Crippen LogP contribution in [0.4, 0.5) is 5.69 Å². The highest BCUT2D eigenvalue weighted by atomic mass is 35.5. The van der Waals surface area contributed by atoms with Crippen LogP contribution in [0.15, 0.2) is 90.5 Å². The Kier molecular flexibility index (Phi) is 6.59. The van der Waals surface area contributed by atoms with Crippen LogP contribution in [0.1, 0.15) is 5.56 Å². The van der Waals surface area contributed by atoms with Gasteiger partial charge in [0.2, 0.25) is 0 Å². The van der Waals surface area contributed by atoms with E-state index in [0.29, 0.717) is 0 Å². The second-order valence-corrected chi connectivity index (χ2v) is 7.82. The molecule has 0 radical (unpaired) electrons. The van der Waals surface area contributed by atoms with Crippen LogP contribution in [-0.4, -0.2) is 38.5 Å². The molecule has 0 aliphatic heterocycles. The predicted octanol–water partition coefficient (Wildman–Crippen LogP) is 2.80. The van der Waals surface area contributed by atoms with Gasteiger partial charge < -0.3 is 17.3 Å². The summed E-state index contributed by atoms with van der Waals surface area (Å²) in [5.74, 6) is 0. The van der Waals surface area contributed by atoms with Crippen LogP contribution in [0.25, 0.3) is 28.0 Å². The Balaban J connectivity index is 0.00000256. The Bertz CT molecular complexity index is 1160. The fourth-order valence-corrected chi connectivity index (χ4v) is 3.69. The number of fused-ring (bicyclic) bond motifs is 1. The molecule has 0 aromatic heterocycles. The highest BCUT2D eigenvalue weighted by molar-refractivity contribution is 6.04. The fourth-order valence-electron chi connectivity index (χ4n) is 3.69. The largest absolute Gasteiger partial charge is 1.00 e. The first-order valence-electron chi connectivity index (χ1n) is 9.94. The van der Waals surface area contributed by atoms with Crippen molar-refractivity contribution in [3.8, 4) is 11.1 Å². The van der Waals surface area contributed by atoms with Gasteiger partial charge in [0.1, 0.15) is 14.1 Å². The third-order valence-electron chi connectivity index (χ3n) is 5.38. The van der Waals surface area contributed by atoms with E-state index in [-0.39, 0.29) is 12.4 Å². The number of hydrogen-bond acceptors (Lipinski definition) is 1. The van der Waals surface area contributed by atoms with Crippen molar-refractivity contribution in [2.45, 2.75) is 0 Å². The molecule has 4 rings (SSSR count). The highest BCUT2D eigenvalue weighted by Crippen LogP contribution is 2.33. The minimum atomic E-state index is 0. The first-order valence-corrected chi connectivity index (χ1v) is 9.94. The quantitative estimate of drug-likeness (QED) is 0.597. The van der Waals surface area contributed by atoms with Gasteiger partial charge >= 0.3 is 0 Å². The molecule has 0 fully saturated rings. The smallest absolute Gasteiger partial charge is 0.199 e. The van der Waals surface area contributed by atoms with Crippen molar-refractivity contribution in [1.29, 1.82) is 0 Å². The lowest BCUT2D eigenvalue weighted by Gasteiger charge is -2.14. The zero-order chi connectivity index (χ0) is 20.4. The molecular weight excluding hydrogens is 388 g/mol. The average molecular weight is 415 g/mol. The van der Waals surface area contributed by atoms with Crippen LogP contribution in [0.2, 0.25) is 0 Å². The molecule has 30 heavy (non-hydrogen) atoms. The van der Waals surface area contributed by atoms with Gasteiger partial charge in [0, 0.05) is 31.9 Å². The molecule has 0 heterocycles. The molecule has 0 spiro atoms. The SMILES string of the molecule is CN(C)c1ccc(-c2ccc(C=C3C=CC(=[N+](C)C)C=C3)c3ccccc23)cc1.[Cl-]. The van der Waals surface area contributed by atoms with Crippen LogP contribution >= 0.6 is 0 Å². The highest BCUT2D eigenvalue weighted by Gasteiger charge is 2.09. The topological polar surface area (TPSA) is 6.25 Å². The lowest BCUT2D eigenvalue weighted by atomic mass is 9.93. The molecule has 0 atom stereocenters. The maximum absolute atomic E-state index is 2.26. The van der Waals surface area contributed by atoms with E-state index in [1.165, 1.54) is 44.4 Å². The summed E-state index contributed by atoms with van der Waals surface area (Å²) in [5, 5.41) is 2.56. The van der Waals surface area contributed by atoms with Crippen LogP contribution in [0.3, 0.4) is 0 Å². The van der Waals surface area contributed by atoms with E-state index >= 15 is 0 Å². The van der Waals surface area contributed by atoms with Crippen molar-refractivity contribution in [3.05, 3.63) is 96.1 Å². The lowest BCUT2D eigenvalue weighted by molar-refractivity contribution is -0.462. The van der Waals surface area contributed by atoms with E-state index in [1.807, 2.05) is 0 Å². The molecule has 0 N–H and O–H groups in total. The molecule has 0 unspecified atom stereocenters. The van der Waals surface area contributed by atoms with E-state index in [4.69, 9.17) is 0 Å². The van der Waals surface area contributed by atoms with Crippen LogP contribution < -0.4 is 17.3 Å². The summed E-state index contributed by atoms with van der Waals surface area (Å²) >= 11 is 0. The van der Waals surface area contributed by atoms with Crippen molar-refractivity contribution in [2.24, 2.45) is 0 Å². The maximum Gasteiger partial charge on any atom is 0.199 e. The Morgan fingerprint density at radius 2 is 1.37 bits per heavy atom. The number of hydrogen-bond donors (Lipinski definition) is 0. The van der Waals surface area contributed by atoms with Gasteiger partial charge in [-0.15, -0.1) is 0 Å². The van der Waals surface area contributed by atoms with Crippen LogP contribution in [0, 0.1) is 0 Å². The normalized spacial score (nSPS) is 12.7. The molecule has 0 saturated carbocycles. The average Bonchev–Trinajstić information content (AvgIpc) is 2.74. The molecular formula is C27H27ClN2.